The van der Waals surface area contributed by atoms with Gasteiger partial charge in [-0.25, -0.2) is 0 Å². The summed E-state index contributed by atoms with van der Waals surface area (Å²) < 4.78 is 0. The second kappa shape index (κ2) is 8.89. The minimum absolute atomic E-state index is 0.00688. The highest BCUT2D eigenvalue weighted by Crippen LogP contribution is 2.40. The first kappa shape index (κ1) is 21.5. The number of aryl methyl sites for hydroxylation is 1. The predicted octanol–water partition coefficient (Wildman–Crippen LogP) is 3.58. The highest BCUT2D eigenvalue weighted by atomic mass is 16.2. The van der Waals surface area contributed by atoms with E-state index in [1.807, 2.05) is 48.2 Å². The minimum atomic E-state index is -0.251. The van der Waals surface area contributed by atoms with E-state index in [4.69, 9.17) is 0 Å². The standard InChI is InChI=1S/C26H30N4O3/c1-18-7-10-20(11-8-18)27-24(31)17-30-23-16-19(25(32)28-13-4-5-14-28)9-12-21(23)29-15-3-2-6-22(29)26(30)33/h7-12,16,22H,2-6,13-15,17H2,1H3,(H,27,31)/t22-/m1/s1. The minimum Gasteiger partial charge on any atom is -0.358 e. The average molecular weight is 447 g/mol. The Kier molecular flexibility index (Phi) is 5.79. The van der Waals surface area contributed by atoms with E-state index in [0.717, 1.165) is 63.0 Å². The van der Waals surface area contributed by atoms with Gasteiger partial charge in [-0.15, -0.1) is 0 Å². The zero-order chi connectivity index (χ0) is 22.9. The average Bonchev–Trinajstić information content (AvgIpc) is 3.37. The molecule has 0 spiro atoms. The number of likely N-dealkylation sites (tertiary alicyclic amines) is 1. The smallest absolute Gasteiger partial charge is 0.253 e. The normalized spacial score (nSPS) is 19.8. The van der Waals surface area contributed by atoms with Gasteiger partial charge in [0.25, 0.3) is 5.91 Å². The number of piperidine rings is 1. The monoisotopic (exact) mass is 446 g/mol. The second-order valence-electron chi connectivity index (χ2n) is 9.25. The lowest BCUT2D eigenvalue weighted by Gasteiger charge is -2.45. The van der Waals surface area contributed by atoms with Gasteiger partial charge in [-0.3, -0.25) is 19.3 Å². The number of carbonyl (C=O) groups is 3. The van der Waals surface area contributed by atoms with Crippen molar-refractivity contribution >= 4 is 34.8 Å². The van der Waals surface area contributed by atoms with Crippen molar-refractivity contribution in [3.8, 4) is 0 Å². The summed E-state index contributed by atoms with van der Waals surface area (Å²) in [6.07, 6.45) is 4.86. The van der Waals surface area contributed by atoms with Gasteiger partial charge in [0.15, 0.2) is 0 Å². The molecule has 172 valence electrons. The summed E-state index contributed by atoms with van der Waals surface area (Å²) in [5, 5.41) is 2.90. The lowest BCUT2D eigenvalue weighted by atomic mass is 9.95. The van der Waals surface area contributed by atoms with Crippen LogP contribution in [-0.2, 0) is 9.59 Å². The van der Waals surface area contributed by atoms with Gasteiger partial charge in [0.05, 0.1) is 11.4 Å². The SMILES string of the molecule is Cc1ccc(NC(=O)CN2C(=O)[C@H]3CCCCN3c3ccc(C(=O)N4CCCC4)cc32)cc1. The molecule has 0 aliphatic carbocycles. The topological polar surface area (TPSA) is 73.0 Å². The van der Waals surface area contributed by atoms with E-state index in [2.05, 4.69) is 10.2 Å². The molecule has 3 aliphatic heterocycles. The van der Waals surface area contributed by atoms with Crippen LogP contribution in [0.15, 0.2) is 42.5 Å². The molecule has 1 N–H and O–H groups in total. The third-order valence-electron chi connectivity index (χ3n) is 6.91. The Morgan fingerprint density at radius 3 is 2.42 bits per heavy atom. The fourth-order valence-electron chi connectivity index (χ4n) is 5.14. The van der Waals surface area contributed by atoms with E-state index < -0.39 is 0 Å². The van der Waals surface area contributed by atoms with E-state index in [-0.39, 0.29) is 30.3 Å². The first-order valence-electron chi connectivity index (χ1n) is 11.9. The molecule has 0 radical (unpaired) electrons. The number of hydrogen-bond acceptors (Lipinski definition) is 4. The van der Waals surface area contributed by atoms with Crippen LogP contribution < -0.4 is 15.1 Å². The van der Waals surface area contributed by atoms with Crippen LogP contribution in [0.25, 0.3) is 0 Å². The summed E-state index contributed by atoms with van der Waals surface area (Å²) in [5.74, 6) is -0.321. The fraction of sp³-hybridized carbons (Fsp3) is 0.423. The number of amides is 3. The summed E-state index contributed by atoms with van der Waals surface area (Å²) in [5.41, 5.74) is 3.97. The van der Waals surface area contributed by atoms with Gasteiger partial charge >= 0.3 is 0 Å². The maximum Gasteiger partial charge on any atom is 0.253 e. The molecule has 7 nitrogen and oxygen atoms in total. The molecule has 33 heavy (non-hydrogen) atoms. The van der Waals surface area contributed by atoms with Crippen LogP contribution in [0.2, 0.25) is 0 Å². The van der Waals surface area contributed by atoms with Gasteiger partial charge in [-0.05, 0) is 69.4 Å². The number of hydrogen-bond donors (Lipinski definition) is 1. The molecule has 3 aliphatic rings. The molecule has 7 heteroatoms. The van der Waals surface area contributed by atoms with Crippen LogP contribution in [0.5, 0.6) is 0 Å². The lowest BCUT2D eigenvalue weighted by Crippen LogP contribution is -2.56. The number of rotatable bonds is 4. The molecule has 2 aromatic carbocycles. The fourth-order valence-corrected chi connectivity index (χ4v) is 5.14. The zero-order valence-corrected chi connectivity index (χ0v) is 19.0. The number of anilines is 3. The number of fused-ring (bicyclic) bond motifs is 3. The van der Waals surface area contributed by atoms with E-state index >= 15 is 0 Å². The summed E-state index contributed by atoms with van der Waals surface area (Å²) >= 11 is 0. The van der Waals surface area contributed by atoms with E-state index in [1.54, 1.807) is 11.0 Å². The van der Waals surface area contributed by atoms with E-state index in [1.165, 1.54) is 0 Å². The van der Waals surface area contributed by atoms with Crippen molar-refractivity contribution in [2.24, 2.45) is 0 Å². The van der Waals surface area contributed by atoms with Gasteiger partial charge < -0.3 is 15.1 Å². The van der Waals surface area contributed by atoms with Crippen molar-refractivity contribution in [2.45, 2.75) is 45.1 Å². The van der Waals surface area contributed by atoms with Crippen LogP contribution in [-0.4, -0.2) is 54.8 Å². The molecule has 0 saturated carbocycles. The molecule has 2 fully saturated rings. The first-order valence-corrected chi connectivity index (χ1v) is 11.9. The van der Waals surface area contributed by atoms with E-state index in [9.17, 15) is 14.4 Å². The van der Waals surface area contributed by atoms with Crippen molar-refractivity contribution in [2.75, 3.05) is 41.3 Å². The largest absolute Gasteiger partial charge is 0.358 e. The third-order valence-corrected chi connectivity index (χ3v) is 6.91. The van der Waals surface area contributed by atoms with Crippen molar-refractivity contribution in [1.29, 1.82) is 0 Å². The van der Waals surface area contributed by atoms with Crippen molar-refractivity contribution in [1.82, 2.24) is 4.90 Å². The van der Waals surface area contributed by atoms with Gasteiger partial charge in [-0.1, -0.05) is 17.7 Å². The van der Waals surface area contributed by atoms with Crippen molar-refractivity contribution in [3.63, 3.8) is 0 Å². The third kappa shape index (κ3) is 4.19. The van der Waals surface area contributed by atoms with Crippen LogP contribution in [0.4, 0.5) is 17.1 Å². The van der Waals surface area contributed by atoms with Gasteiger partial charge in [0.2, 0.25) is 11.8 Å². The molecule has 2 saturated heterocycles. The molecule has 0 unspecified atom stereocenters. The number of nitrogens with zero attached hydrogens (tertiary/aromatic N) is 3. The molecule has 5 rings (SSSR count). The highest BCUT2D eigenvalue weighted by molar-refractivity contribution is 6.11. The molecule has 0 bridgehead atoms. The van der Waals surface area contributed by atoms with Crippen LogP contribution in [0.3, 0.4) is 0 Å². The lowest BCUT2D eigenvalue weighted by molar-refractivity contribution is -0.123. The summed E-state index contributed by atoms with van der Waals surface area (Å²) in [7, 11) is 0. The number of nitrogens with one attached hydrogen (secondary N) is 1. The Labute approximate surface area is 194 Å². The Hall–Kier alpha value is -3.35. The maximum atomic E-state index is 13.5. The number of carbonyl (C=O) groups excluding carboxylic acids is 3. The summed E-state index contributed by atoms with van der Waals surface area (Å²) in [4.78, 5) is 45.0. The Morgan fingerprint density at radius 1 is 0.939 bits per heavy atom. The molecular weight excluding hydrogens is 416 g/mol. The molecular formula is C26H30N4O3. The summed E-state index contributed by atoms with van der Waals surface area (Å²) in [6.45, 7) is 4.26. The van der Waals surface area contributed by atoms with Crippen LogP contribution in [0.1, 0.15) is 48.0 Å². The Bertz CT molecular complexity index is 1080. The second-order valence-corrected chi connectivity index (χ2v) is 9.25. The predicted molar refractivity (Wildman–Crippen MR) is 129 cm³/mol. The van der Waals surface area contributed by atoms with Gasteiger partial charge in [0, 0.05) is 30.9 Å². The quantitative estimate of drug-likeness (QED) is 0.779. The number of benzene rings is 2. The van der Waals surface area contributed by atoms with Gasteiger partial charge in [0.1, 0.15) is 12.6 Å². The van der Waals surface area contributed by atoms with Crippen LogP contribution >= 0.6 is 0 Å². The maximum absolute atomic E-state index is 13.5. The van der Waals surface area contributed by atoms with Crippen molar-refractivity contribution < 1.29 is 14.4 Å². The first-order chi connectivity index (χ1) is 16.0. The summed E-state index contributed by atoms with van der Waals surface area (Å²) in [6, 6.07) is 13.0. The zero-order valence-electron chi connectivity index (χ0n) is 19.0. The Morgan fingerprint density at radius 2 is 1.67 bits per heavy atom. The Balaban J connectivity index is 1.45. The van der Waals surface area contributed by atoms with E-state index in [0.29, 0.717) is 16.9 Å². The van der Waals surface area contributed by atoms with Crippen molar-refractivity contribution in [3.05, 3.63) is 53.6 Å². The molecule has 1 atom stereocenters. The molecule has 3 heterocycles. The van der Waals surface area contributed by atoms with Crippen LogP contribution in [0, 0.1) is 6.92 Å². The molecule has 2 aromatic rings. The highest BCUT2D eigenvalue weighted by Gasteiger charge is 2.40. The molecule has 3 amide bonds. The van der Waals surface area contributed by atoms with Gasteiger partial charge in [-0.2, -0.15) is 0 Å². The molecule has 0 aromatic heterocycles.